The molecule has 2 bridgehead atoms. The van der Waals surface area contributed by atoms with Crippen molar-refractivity contribution in [2.45, 2.75) is 90.0 Å². The predicted molar refractivity (Wildman–Crippen MR) is 90.6 cm³/mol. The number of aliphatic hydroxyl groups is 1. The van der Waals surface area contributed by atoms with Crippen LogP contribution in [0.5, 0.6) is 0 Å². The van der Waals surface area contributed by atoms with E-state index < -0.39 is 5.54 Å². The average molecular weight is 309 g/mol. The van der Waals surface area contributed by atoms with Crippen LogP contribution >= 0.6 is 0 Å². The standard InChI is InChI=1S/C19H35NO2/c1-16(2)18-10-5-3-4-8-17(12-18,9-6-7-11-18)13-19(20,14-21)15-22/h14,16,22H,3-13,15,20H2,1-2H3. The molecule has 2 saturated carbocycles. The van der Waals surface area contributed by atoms with Gasteiger partial charge in [-0.05, 0) is 55.3 Å². The summed E-state index contributed by atoms with van der Waals surface area (Å²) in [4.78, 5) is 11.5. The van der Waals surface area contributed by atoms with E-state index in [9.17, 15) is 9.90 Å². The van der Waals surface area contributed by atoms with E-state index >= 15 is 0 Å². The molecule has 0 radical (unpaired) electrons. The summed E-state index contributed by atoms with van der Waals surface area (Å²) in [6, 6.07) is 0. The third-order valence-electron chi connectivity index (χ3n) is 6.70. The van der Waals surface area contributed by atoms with Crippen molar-refractivity contribution in [1.82, 2.24) is 0 Å². The molecule has 0 aromatic heterocycles. The molecule has 2 rings (SSSR count). The van der Waals surface area contributed by atoms with Gasteiger partial charge < -0.3 is 15.6 Å². The van der Waals surface area contributed by atoms with Crippen LogP contribution in [0.3, 0.4) is 0 Å². The molecule has 0 amide bonds. The lowest BCUT2D eigenvalue weighted by molar-refractivity contribution is -0.115. The quantitative estimate of drug-likeness (QED) is 0.759. The van der Waals surface area contributed by atoms with Crippen molar-refractivity contribution in [3.05, 3.63) is 0 Å². The molecule has 0 heterocycles. The van der Waals surface area contributed by atoms with Crippen LogP contribution in [-0.4, -0.2) is 23.5 Å². The van der Waals surface area contributed by atoms with Gasteiger partial charge in [-0.25, -0.2) is 0 Å². The Bertz CT molecular complexity index is 384. The molecule has 2 aliphatic carbocycles. The molecule has 3 unspecified atom stereocenters. The number of carbonyl (C=O) groups excluding carboxylic acids is 1. The van der Waals surface area contributed by atoms with Crippen molar-refractivity contribution in [3.63, 3.8) is 0 Å². The molecule has 0 saturated heterocycles. The highest BCUT2D eigenvalue weighted by atomic mass is 16.3. The van der Waals surface area contributed by atoms with Crippen LogP contribution in [0.25, 0.3) is 0 Å². The molecule has 3 nitrogen and oxygen atoms in total. The third kappa shape index (κ3) is 3.73. The highest BCUT2D eigenvalue weighted by Gasteiger charge is 2.47. The van der Waals surface area contributed by atoms with Gasteiger partial charge in [-0.3, -0.25) is 0 Å². The van der Waals surface area contributed by atoms with Gasteiger partial charge in [0.2, 0.25) is 0 Å². The molecule has 128 valence electrons. The van der Waals surface area contributed by atoms with Crippen LogP contribution in [0.15, 0.2) is 0 Å². The number of hydrogen-bond donors (Lipinski definition) is 2. The Morgan fingerprint density at radius 1 is 1.09 bits per heavy atom. The van der Waals surface area contributed by atoms with E-state index in [1.165, 1.54) is 64.2 Å². The Hall–Kier alpha value is -0.410. The molecular formula is C19H35NO2. The number of rotatable bonds is 5. The molecule has 0 aromatic rings. The summed E-state index contributed by atoms with van der Waals surface area (Å²) in [5, 5.41) is 9.62. The summed E-state index contributed by atoms with van der Waals surface area (Å²) in [5.41, 5.74) is 5.72. The first-order chi connectivity index (χ1) is 10.4. The minimum Gasteiger partial charge on any atom is -0.394 e. The normalized spacial score (nSPS) is 36.0. The van der Waals surface area contributed by atoms with Gasteiger partial charge in [0.15, 0.2) is 0 Å². The van der Waals surface area contributed by atoms with Gasteiger partial charge in [-0.1, -0.05) is 46.0 Å². The Balaban J connectivity index is 2.33. The first-order valence-corrected chi connectivity index (χ1v) is 9.25. The van der Waals surface area contributed by atoms with Gasteiger partial charge in [-0.2, -0.15) is 0 Å². The maximum Gasteiger partial charge on any atom is 0.142 e. The van der Waals surface area contributed by atoms with Gasteiger partial charge in [0, 0.05) is 0 Å². The first kappa shape index (κ1) is 17.9. The van der Waals surface area contributed by atoms with Crippen LogP contribution in [0.1, 0.15) is 84.5 Å². The highest BCUT2D eigenvalue weighted by Crippen LogP contribution is 2.56. The van der Waals surface area contributed by atoms with Crippen LogP contribution in [0.4, 0.5) is 0 Å². The van der Waals surface area contributed by atoms with Crippen molar-refractivity contribution < 1.29 is 9.90 Å². The number of nitrogens with two attached hydrogens (primary N) is 1. The van der Waals surface area contributed by atoms with Crippen molar-refractivity contribution in [1.29, 1.82) is 0 Å². The number of fused-ring (bicyclic) bond motifs is 2. The first-order valence-electron chi connectivity index (χ1n) is 9.25. The lowest BCUT2D eigenvalue weighted by atomic mass is 9.57. The zero-order chi connectivity index (χ0) is 16.3. The van der Waals surface area contributed by atoms with Crippen molar-refractivity contribution >= 4 is 6.29 Å². The second kappa shape index (κ2) is 7.00. The summed E-state index contributed by atoms with van der Waals surface area (Å²) < 4.78 is 0. The zero-order valence-electron chi connectivity index (χ0n) is 14.6. The highest BCUT2D eigenvalue weighted by molar-refractivity contribution is 5.64. The number of aldehydes is 1. The fourth-order valence-electron chi connectivity index (χ4n) is 5.34. The molecule has 0 spiro atoms. The summed E-state index contributed by atoms with van der Waals surface area (Å²) in [5.74, 6) is 0.681. The fourth-order valence-corrected chi connectivity index (χ4v) is 5.34. The van der Waals surface area contributed by atoms with Crippen LogP contribution in [0, 0.1) is 16.7 Å². The summed E-state index contributed by atoms with van der Waals surface area (Å²) in [6.45, 7) is 4.52. The number of aliphatic hydroxyl groups excluding tert-OH is 1. The Kier molecular flexibility index (Phi) is 5.71. The van der Waals surface area contributed by atoms with Crippen molar-refractivity contribution in [3.8, 4) is 0 Å². The summed E-state index contributed by atoms with van der Waals surface area (Å²) >= 11 is 0. The molecule has 3 atom stereocenters. The van der Waals surface area contributed by atoms with Crippen LogP contribution in [-0.2, 0) is 4.79 Å². The minimum atomic E-state index is -1.05. The summed E-state index contributed by atoms with van der Waals surface area (Å²) in [6.07, 6.45) is 14.1. The zero-order valence-corrected chi connectivity index (χ0v) is 14.6. The van der Waals surface area contributed by atoms with E-state index in [1.54, 1.807) is 0 Å². The minimum absolute atomic E-state index is 0.152. The third-order valence-corrected chi connectivity index (χ3v) is 6.70. The lowest BCUT2D eigenvalue weighted by Crippen LogP contribution is -2.51. The SMILES string of the molecule is CC(C)C12CCCCCC(CC(N)(C=O)CO)(CCCC1)C2. The number of hydrogen-bond acceptors (Lipinski definition) is 3. The topological polar surface area (TPSA) is 63.3 Å². The van der Waals surface area contributed by atoms with E-state index in [4.69, 9.17) is 5.73 Å². The molecule has 22 heavy (non-hydrogen) atoms. The Morgan fingerprint density at radius 3 is 2.18 bits per heavy atom. The number of carbonyl (C=O) groups is 1. The van der Waals surface area contributed by atoms with Crippen molar-refractivity contribution in [2.24, 2.45) is 22.5 Å². The average Bonchev–Trinajstić information content (AvgIpc) is 2.67. The van der Waals surface area contributed by atoms with Crippen LogP contribution in [0.2, 0.25) is 0 Å². The van der Waals surface area contributed by atoms with Gasteiger partial charge in [0.25, 0.3) is 0 Å². The molecule has 3 N–H and O–H groups in total. The van der Waals surface area contributed by atoms with E-state index in [0.29, 0.717) is 17.8 Å². The van der Waals surface area contributed by atoms with Crippen molar-refractivity contribution in [2.75, 3.05) is 6.61 Å². The van der Waals surface area contributed by atoms with Gasteiger partial charge >= 0.3 is 0 Å². The molecule has 0 aromatic carbocycles. The monoisotopic (exact) mass is 309 g/mol. The molecule has 0 aliphatic heterocycles. The predicted octanol–water partition coefficient (Wildman–Crippen LogP) is 3.82. The second-order valence-electron chi connectivity index (χ2n) is 8.65. The van der Waals surface area contributed by atoms with E-state index in [2.05, 4.69) is 13.8 Å². The smallest absolute Gasteiger partial charge is 0.142 e. The molecular weight excluding hydrogens is 274 g/mol. The molecule has 2 aliphatic rings. The maximum absolute atomic E-state index is 11.5. The largest absolute Gasteiger partial charge is 0.394 e. The van der Waals surface area contributed by atoms with Gasteiger partial charge in [0.05, 0.1) is 12.1 Å². The van der Waals surface area contributed by atoms with E-state index in [1.807, 2.05) is 0 Å². The van der Waals surface area contributed by atoms with Crippen LogP contribution < -0.4 is 5.73 Å². The second-order valence-corrected chi connectivity index (χ2v) is 8.65. The maximum atomic E-state index is 11.5. The lowest BCUT2D eigenvalue weighted by Gasteiger charge is -2.48. The van der Waals surface area contributed by atoms with E-state index in [-0.39, 0.29) is 12.0 Å². The fraction of sp³-hybridized carbons (Fsp3) is 0.947. The van der Waals surface area contributed by atoms with Gasteiger partial charge in [-0.15, -0.1) is 0 Å². The van der Waals surface area contributed by atoms with Gasteiger partial charge in [0.1, 0.15) is 6.29 Å². The molecule has 2 fully saturated rings. The molecule has 3 heteroatoms. The summed E-state index contributed by atoms with van der Waals surface area (Å²) in [7, 11) is 0. The van der Waals surface area contributed by atoms with E-state index in [0.717, 1.165) is 6.29 Å². The Labute approximate surface area is 136 Å². The Morgan fingerprint density at radius 2 is 1.64 bits per heavy atom.